The fourth-order valence-corrected chi connectivity index (χ4v) is 7.60. The van der Waals surface area contributed by atoms with Crippen LogP contribution in [0, 0.1) is 0 Å². The Morgan fingerprint density at radius 3 is 1.41 bits per heavy atom. The Kier molecular flexibility index (Phi) is 4.10. The van der Waals surface area contributed by atoms with Gasteiger partial charge >= 0.3 is 0 Å². The van der Waals surface area contributed by atoms with Gasteiger partial charge in [-0.05, 0) is 79.9 Å². The third-order valence-electron chi connectivity index (χ3n) is 9.08. The first-order chi connectivity index (χ1) is 19.4. The van der Waals surface area contributed by atoms with Gasteiger partial charge in [0, 0.05) is 23.5 Å². The van der Waals surface area contributed by atoms with Crippen LogP contribution in [0.5, 0.6) is 0 Å². The van der Waals surface area contributed by atoms with Crippen LogP contribution in [-0.4, -0.2) is 0 Å². The zero-order valence-corrected chi connectivity index (χ0v) is 21.4. The number of para-hydroxylation sites is 2. The molecule has 6 aromatic carbocycles. The molecule has 0 unspecified atom stereocenters. The van der Waals surface area contributed by atoms with E-state index < -0.39 is 0 Å². The van der Waals surface area contributed by atoms with Crippen LogP contribution in [0.2, 0.25) is 0 Å². The topological polar surface area (TPSA) is 3.24 Å². The number of hydrogen-bond donors (Lipinski definition) is 0. The fraction of sp³-hybridized carbons (Fsp3) is 0.0526. The van der Waals surface area contributed by atoms with E-state index in [1.165, 1.54) is 72.7 Å². The molecule has 0 saturated heterocycles. The molecule has 182 valence electrons. The van der Waals surface area contributed by atoms with Crippen molar-refractivity contribution in [3.8, 4) is 22.3 Å². The molecule has 0 aromatic heterocycles. The number of benzene rings is 6. The van der Waals surface area contributed by atoms with E-state index in [0.29, 0.717) is 0 Å². The van der Waals surface area contributed by atoms with E-state index in [-0.39, 0.29) is 5.41 Å². The van der Waals surface area contributed by atoms with Crippen molar-refractivity contribution in [3.63, 3.8) is 0 Å². The van der Waals surface area contributed by atoms with E-state index in [9.17, 15) is 0 Å². The molecule has 0 saturated carbocycles. The van der Waals surface area contributed by atoms with Crippen LogP contribution >= 0.6 is 0 Å². The summed E-state index contributed by atoms with van der Waals surface area (Å²) in [5.74, 6) is 0. The van der Waals surface area contributed by atoms with E-state index in [4.69, 9.17) is 0 Å². The summed E-state index contributed by atoms with van der Waals surface area (Å²) in [5, 5.41) is 0. The molecular weight excluding hydrogens is 470 g/mol. The molecule has 1 heteroatoms. The van der Waals surface area contributed by atoms with E-state index >= 15 is 0 Å². The minimum Gasteiger partial charge on any atom is -0.310 e. The van der Waals surface area contributed by atoms with Crippen molar-refractivity contribution in [1.82, 2.24) is 0 Å². The number of rotatable bonds is 1. The number of fused-ring (bicyclic) bond motifs is 12. The van der Waals surface area contributed by atoms with Crippen molar-refractivity contribution in [3.05, 3.63) is 173 Å². The highest BCUT2D eigenvalue weighted by molar-refractivity contribution is 5.96. The van der Waals surface area contributed by atoms with Gasteiger partial charge in [-0.2, -0.15) is 0 Å². The Balaban J connectivity index is 1.34. The quantitative estimate of drug-likeness (QED) is 0.219. The SMILES string of the molecule is c1ccc2c(c1)Cc1ccccc1N2c1ccc2c(c1)-c1ccccc1C21c2ccccc2-c2ccccc21. The number of nitrogens with zero attached hydrogens (tertiary/aromatic N) is 1. The second kappa shape index (κ2) is 7.58. The van der Waals surface area contributed by atoms with Gasteiger partial charge in [-0.15, -0.1) is 0 Å². The lowest BCUT2D eigenvalue weighted by Crippen LogP contribution is -2.26. The maximum atomic E-state index is 2.46. The molecule has 9 rings (SSSR count). The van der Waals surface area contributed by atoms with Crippen LogP contribution in [0.3, 0.4) is 0 Å². The Labute approximate surface area is 228 Å². The molecule has 1 spiro atoms. The zero-order chi connectivity index (χ0) is 25.6. The first kappa shape index (κ1) is 21.1. The lowest BCUT2D eigenvalue weighted by atomic mass is 9.70. The van der Waals surface area contributed by atoms with E-state index in [0.717, 1.165) is 6.42 Å². The fourth-order valence-electron chi connectivity index (χ4n) is 7.60. The third kappa shape index (κ3) is 2.60. The summed E-state index contributed by atoms with van der Waals surface area (Å²) in [5.41, 5.74) is 17.1. The van der Waals surface area contributed by atoms with Crippen molar-refractivity contribution in [2.24, 2.45) is 0 Å². The molecule has 39 heavy (non-hydrogen) atoms. The normalized spacial score (nSPS) is 14.7. The van der Waals surface area contributed by atoms with Gasteiger partial charge in [0.25, 0.3) is 0 Å². The molecule has 1 nitrogen and oxygen atoms in total. The largest absolute Gasteiger partial charge is 0.310 e. The van der Waals surface area contributed by atoms with Crippen LogP contribution in [0.25, 0.3) is 22.3 Å². The predicted octanol–water partition coefficient (Wildman–Crippen LogP) is 9.40. The highest BCUT2D eigenvalue weighted by atomic mass is 15.2. The average Bonchev–Trinajstić information content (AvgIpc) is 3.47. The van der Waals surface area contributed by atoms with Gasteiger partial charge in [0.15, 0.2) is 0 Å². The molecule has 0 radical (unpaired) electrons. The molecule has 1 aliphatic heterocycles. The van der Waals surface area contributed by atoms with Gasteiger partial charge in [0.1, 0.15) is 0 Å². The van der Waals surface area contributed by atoms with Crippen molar-refractivity contribution in [1.29, 1.82) is 0 Å². The Hall–Kier alpha value is -4.88. The van der Waals surface area contributed by atoms with Crippen molar-refractivity contribution >= 4 is 17.1 Å². The standard InChI is InChI=1S/C38H25N/c1-9-19-36-25(11-1)23-26-12-2-10-20-37(26)39(36)27-21-22-35-31(24-27)30-15-5-8-18-34(30)38(35)32-16-6-3-13-28(32)29-14-4-7-17-33(29)38/h1-22,24H,23H2. The van der Waals surface area contributed by atoms with E-state index in [1.54, 1.807) is 0 Å². The van der Waals surface area contributed by atoms with Crippen LogP contribution in [-0.2, 0) is 11.8 Å². The highest BCUT2D eigenvalue weighted by Crippen LogP contribution is 2.63. The third-order valence-corrected chi connectivity index (χ3v) is 9.08. The van der Waals surface area contributed by atoms with E-state index in [2.05, 4.69) is 144 Å². The van der Waals surface area contributed by atoms with Crippen LogP contribution < -0.4 is 4.90 Å². The summed E-state index contributed by atoms with van der Waals surface area (Å²) in [6.07, 6.45) is 0.966. The molecule has 1 heterocycles. The predicted molar refractivity (Wildman–Crippen MR) is 160 cm³/mol. The summed E-state index contributed by atoms with van der Waals surface area (Å²) >= 11 is 0. The molecular formula is C38H25N. The summed E-state index contributed by atoms with van der Waals surface area (Å²) in [6.45, 7) is 0. The second-order valence-corrected chi connectivity index (χ2v) is 10.9. The molecule has 0 atom stereocenters. The monoisotopic (exact) mass is 495 g/mol. The maximum Gasteiger partial charge on any atom is 0.0725 e. The maximum absolute atomic E-state index is 2.46. The van der Waals surface area contributed by atoms with Gasteiger partial charge in [0.2, 0.25) is 0 Å². The smallest absolute Gasteiger partial charge is 0.0725 e. The minimum atomic E-state index is -0.296. The van der Waals surface area contributed by atoms with Crippen molar-refractivity contribution in [2.75, 3.05) is 4.90 Å². The Morgan fingerprint density at radius 1 is 0.410 bits per heavy atom. The van der Waals surface area contributed by atoms with E-state index in [1.807, 2.05) is 0 Å². The van der Waals surface area contributed by atoms with Gasteiger partial charge in [-0.25, -0.2) is 0 Å². The van der Waals surface area contributed by atoms with Crippen LogP contribution in [0.15, 0.2) is 140 Å². The molecule has 0 N–H and O–H groups in total. The summed E-state index contributed by atoms with van der Waals surface area (Å²) in [7, 11) is 0. The molecule has 0 bridgehead atoms. The van der Waals surface area contributed by atoms with Crippen LogP contribution in [0.1, 0.15) is 33.4 Å². The van der Waals surface area contributed by atoms with Gasteiger partial charge in [-0.3, -0.25) is 0 Å². The van der Waals surface area contributed by atoms with Gasteiger partial charge in [0.05, 0.1) is 5.41 Å². The number of hydrogen-bond acceptors (Lipinski definition) is 1. The molecule has 2 aliphatic carbocycles. The summed E-state index contributed by atoms with van der Waals surface area (Å²) < 4.78 is 0. The molecule has 6 aromatic rings. The first-order valence-corrected chi connectivity index (χ1v) is 13.8. The highest BCUT2D eigenvalue weighted by Gasteiger charge is 2.51. The Morgan fingerprint density at radius 2 is 0.846 bits per heavy atom. The van der Waals surface area contributed by atoms with Gasteiger partial charge < -0.3 is 4.90 Å². The lowest BCUT2D eigenvalue weighted by molar-refractivity contribution is 0.794. The second-order valence-electron chi connectivity index (χ2n) is 10.9. The van der Waals surface area contributed by atoms with Crippen LogP contribution in [0.4, 0.5) is 17.1 Å². The van der Waals surface area contributed by atoms with Gasteiger partial charge in [-0.1, -0.05) is 115 Å². The minimum absolute atomic E-state index is 0.296. The number of anilines is 3. The molecule has 0 fully saturated rings. The van der Waals surface area contributed by atoms with Crippen molar-refractivity contribution < 1.29 is 0 Å². The summed E-state index contributed by atoms with van der Waals surface area (Å²) in [6, 6.07) is 51.9. The molecule has 3 aliphatic rings. The average molecular weight is 496 g/mol. The zero-order valence-electron chi connectivity index (χ0n) is 21.4. The Bertz CT molecular complexity index is 1870. The van der Waals surface area contributed by atoms with Crippen molar-refractivity contribution in [2.45, 2.75) is 11.8 Å². The molecule has 0 amide bonds. The summed E-state index contributed by atoms with van der Waals surface area (Å²) in [4.78, 5) is 2.46. The lowest BCUT2D eigenvalue weighted by Gasteiger charge is -2.34. The first-order valence-electron chi connectivity index (χ1n) is 13.8.